The molecule has 2 aromatic carbocycles. The normalized spacial score (nSPS) is 13.9. The van der Waals surface area contributed by atoms with E-state index in [0.29, 0.717) is 27.2 Å². The minimum absolute atomic E-state index is 0.0539. The Labute approximate surface area is 142 Å². The second-order valence-electron chi connectivity index (χ2n) is 5.85. The molecule has 0 bridgehead atoms. The third-order valence-corrected chi connectivity index (χ3v) is 4.85. The van der Waals surface area contributed by atoms with Crippen molar-refractivity contribution in [1.29, 1.82) is 0 Å². The quantitative estimate of drug-likeness (QED) is 0.822. The van der Waals surface area contributed by atoms with Gasteiger partial charge in [-0.1, -0.05) is 28.1 Å². The Balaban J connectivity index is 1.91. The molecule has 1 saturated carbocycles. The van der Waals surface area contributed by atoms with E-state index in [4.69, 9.17) is 0 Å². The van der Waals surface area contributed by atoms with Gasteiger partial charge < -0.3 is 10.4 Å². The second kappa shape index (κ2) is 6.42. The van der Waals surface area contributed by atoms with Gasteiger partial charge in [0.25, 0.3) is 5.91 Å². The summed E-state index contributed by atoms with van der Waals surface area (Å²) in [6.45, 7) is 1.52. The average molecular weight is 378 g/mol. The summed E-state index contributed by atoms with van der Waals surface area (Å²) in [4.78, 5) is 12.5. The highest BCUT2D eigenvalue weighted by Gasteiger charge is 2.26. The highest BCUT2D eigenvalue weighted by Crippen LogP contribution is 2.41. The number of carbonyl (C=O) groups excluding carboxylic acids is 1. The third kappa shape index (κ3) is 3.31. The fourth-order valence-electron chi connectivity index (χ4n) is 2.73. The monoisotopic (exact) mass is 377 g/mol. The molecular weight excluding hydrogens is 361 g/mol. The van der Waals surface area contributed by atoms with Gasteiger partial charge in [0.1, 0.15) is 5.82 Å². The molecule has 1 amide bonds. The van der Waals surface area contributed by atoms with E-state index in [9.17, 15) is 14.3 Å². The summed E-state index contributed by atoms with van der Waals surface area (Å²) in [5.74, 6) is -0.563. The Bertz CT molecular complexity index is 749. The van der Waals surface area contributed by atoms with Crippen molar-refractivity contribution in [3.05, 3.63) is 62.9 Å². The molecule has 3 nitrogen and oxygen atoms in total. The van der Waals surface area contributed by atoms with Crippen LogP contribution in [0.25, 0.3) is 0 Å². The summed E-state index contributed by atoms with van der Waals surface area (Å²) in [5.41, 5.74) is 2.68. The van der Waals surface area contributed by atoms with E-state index in [1.807, 2.05) is 6.07 Å². The third-order valence-electron chi connectivity index (χ3n) is 4.11. The van der Waals surface area contributed by atoms with Crippen LogP contribution in [-0.2, 0) is 6.61 Å². The zero-order valence-electron chi connectivity index (χ0n) is 12.7. The number of hydrogen-bond acceptors (Lipinski definition) is 2. The van der Waals surface area contributed by atoms with Gasteiger partial charge in [-0.2, -0.15) is 0 Å². The molecular formula is C18H17BrFNO2. The van der Waals surface area contributed by atoms with Crippen molar-refractivity contribution in [2.24, 2.45) is 0 Å². The van der Waals surface area contributed by atoms with Crippen LogP contribution in [0.5, 0.6) is 0 Å². The maximum Gasteiger partial charge on any atom is 0.258 e. The number of aliphatic hydroxyl groups is 1. The van der Waals surface area contributed by atoms with Crippen LogP contribution in [0.3, 0.4) is 0 Å². The summed E-state index contributed by atoms with van der Waals surface area (Å²) in [5, 5.41) is 12.1. The van der Waals surface area contributed by atoms with Gasteiger partial charge in [0, 0.05) is 15.7 Å². The number of nitrogens with one attached hydrogen (secondary N) is 1. The van der Waals surface area contributed by atoms with Gasteiger partial charge in [-0.15, -0.1) is 0 Å². The summed E-state index contributed by atoms with van der Waals surface area (Å²) in [6.07, 6.45) is 2.17. The van der Waals surface area contributed by atoms with Gasteiger partial charge in [-0.3, -0.25) is 4.79 Å². The number of halogens is 2. The SMILES string of the molecule is Cc1cc(C2CC2)cc(F)c1C(=O)Nc1cccc(Br)c1CO. The van der Waals surface area contributed by atoms with E-state index in [2.05, 4.69) is 21.2 Å². The molecule has 0 aromatic heterocycles. The maximum atomic E-state index is 14.4. The Hall–Kier alpha value is -1.72. The molecule has 0 radical (unpaired) electrons. The molecule has 23 heavy (non-hydrogen) atoms. The molecule has 0 atom stereocenters. The molecule has 2 aromatic rings. The highest BCUT2D eigenvalue weighted by atomic mass is 79.9. The van der Waals surface area contributed by atoms with Gasteiger partial charge in [0.2, 0.25) is 0 Å². The first-order valence-corrected chi connectivity index (χ1v) is 8.30. The number of anilines is 1. The molecule has 1 fully saturated rings. The molecule has 0 unspecified atom stereocenters. The molecule has 3 rings (SSSR count). The summed E-state index contributed by atoms with van der Waals surface area (Å²) in [6, 6.07) is 8.56. The van der Waals surface area contributed by atoms with Crippen molar-refractivity contribution in [3.8, 4) is 0 Å². The van der Waals surface area contributed by atoms with Gasteiger partial charge in [-0.05, 0) is 55.0 Å². The van der Waals surface area contributed by atoms with Crippen LogP contribution in [0.1, 0.15) is 45.8 Å². The van der Waals surface area contributed by atoms with Crippen molar-refractivity contribution in [1.82, 2.24) is 0 Å². The first kappa shape index (κ1) is 16.1. The van der Waals surface area contributed by atoms with Gasteiger partial charge in [-0.25, -0.2) is 4.39 Å². The number of rotatable bonds is 4. The standard InChI is InChI=1S/C18H17BrFNO2/c1-10-7-12(11-5-6-11)8-15(20)17(10)18(23)21-16-4-2-3-14(19)13(16)9-22/h2-4,7-8,11,22H,5-6,9H2,1H3,(H,21,23). The van der Waals surface area contributed by atoms with Crippen LogP contribution in [-0.4, -0.2) is 11.0 Å². The number of amides is 1. The van der Waals surface area contributed by atoms with E-state index >= 15 is 0 Å². The smallest absolute Gasteiger partial charge is 0.258 e. The lowest BCUT2D eigenvalue weighted by Gasteiger charge is -2.13. The Morgan fingerprint density at radius 1 is 1.39 bits per heavy atom. The van der Waals surface area contributed by atoms with Crippen LogP contribution in [0.15, 0.2) is 34.8 Å². The Morgan fingerprint density at radius 3 is 2.74 bits per heavy atom. The lowest BCUT2D eigenvalue weighted by molar-refractivity contribution is 0.102. The molecule has 120 valence electrons. The lowest BCUT2D eigenvalue weighted by atomic mass is 10.0. The minimum Gasteiger partial charge on any atom is -0.392 e. The topological polar surface area (TPSA) is 49.3 Å². The molecule has 5 heteroatoms. The Kier molecular flexibility index (Phi) is 4.50. The number of benzene rings is 2. The zero-order valence-corrected chi connectivity index (χ0v) is 14.3. The van der Waals surface area contributed by atoms with Crippen molar-refractivity contribution < 1.29 is 14.3 Å². The van der Waals surface area contributed by atoms with Gasteiger partial charge in [0.15, 0.2) is 0 Å². The number of hydrogen-bond donors (Lipinski definition) is 2. The van der Waals surface area contributed by atoms with Crippen LogP contribution in [0.4, 0.5) is 10.1 Å². The highest BCUT2D eigenvalue weighted by molar-refractivity contribution is 9.10. The number of aliphatic hydroxyl groups excluding tert-OH is 1. The van der Waals surface area contributed by atoms with Crippen molar-refractivity contribution >= 4 is 27.5 Å². The van der Waals surface area contributed by atoms with Gasteiger partial charge >= 0.3 is 0 Å². The molecule has 1 aliphatic rings. The number of carbonyl (C=O) groups is 1. The van der Waals surface area contributed by atoms with Gasteiger partial charge in [0.05, 0.1) is 12.2 Å². The fraction of sp³-hybridized carbons (Fsp3) is 0.278. The van der Waals surface area contributed by atoms with Crippen molar-refractivity contribution in [3.63, 3.8) is 0 Å². The fourth-order valence-corrected chi connectivity index (χ4v) is 3.22. The van der Waals surface area contributed by atoms with Crippen LogP contribution >= 0.6 is 15.9 Å². The lowest BCUT2D eigenvalue weighted by Crippen LogP contribution is -2.17. The van der Waals surface area contributed by atoms with Crippen molar-refractivity contribution in [2.75, 3.05) is 5.32 Å². The second-order valence-corrected chi connectivity index (χ2v) is 6.70. The molecule has 0 heterocycles. The molecule has 0 aliphatic heterocycles. The van der Waals surface area contributed by atoms with Crippen LogP contribution in [0, 0.1) is 12.7 Å². The first-order valence-electron chi connectivity index (χ1n) is 7.51. The molecule has 0 saturated heterocycles. The van der Waals surface area contributed by atoms with E-state index in [0.717, 1.165) is 18.4 Å². The van der Waals surface area contributed by atoms with E-state index in [1.165, 1.54) is 6.07 Å². The number of aryl methyl sites for hydroxylation is 1. The molecule has 2 N–H and O–H groups in total. The largest absolute Gasteiger partial charge is 0.392 e. The molecule has 0 spiro atoms. The van der Waals surface area contributed by atoms with E-state index < -0.39 is 11.7 Å². The summed E-state index contributed by atoms with van der Waals surface area (Å²) >= 11 is 3.33. The maximum absolute atomic E-state index is 14.4. The zero-order chi connectivity index (χ0) is 16.6. The van der Waals surface area contributed by atoms with Crippen LogP contribution < -0.4 is 5.32 Å². The molecule has 1 aliphatic carbocycles. The van der Waals surface area contributed by atoms with E-state index in [1.54, 1.807) is 25.1 Å². The average Bonchev–Trinajstić information content (AvgIpc) is 3.31. The predicted octanol–water partition coefficient (Wildman–Crippen LogP) is 4.52. The first-order chi connectivity index (χ1) is 11.0. The van der Waals surface area contributed by atoms with Crippen LogP contribution in [0.2, 0.25) is 0 Å². The summed E-state index contributed by atoms with van der Waals surface area (Å²) in [7, 11) is 0. The predicted molar refractivity (Wildman–Crippen MR) is 91.1 cm³/mol. The minimum atomic E-state index is -0.504. The summed E-state index contributed by atoms with van der Waals surface area (Å²) < 4.78 is 15.1. The Morgan fingerprint density at radius 2 is 2.13 bits per heavy atom. The van der Waals surface area contributed by atoms with Crippen molar-refractivity contribution in [2.45, 2.75) is 32.3 Å². The van der Waals surface area contributed by atoms with E-state index in [-0.39, 0.29) is 12.2 Å².